The van der Waals surface area contributed by atoms with E-state index in [1.54, 1.807) is 7.11 Å². The van der Waals surface area contributed by atoms with Crippen molar-refractivity contribution in [1.29, 1.82) is 0 Å². The second-order valence-electron chi connectivity index (χ2n) is 8.81. The highest BCUT2D eigenvalue weighted by molar-refractivity contribution is 5.76. The topological polar surface area (TPSA) is 65.4 Å². The fraction of sp³-hybridized carbons (Fsp3) is 0.333. The molecule has 0 aliphatic heterocycles. The van der Waals surface area contributed by atoms with Crippen LogP contribution in [0.25, 0.3) is 11.0 Å². The van der Waals surface area contributed by atoms with Crippen LogP contribution in [0, 0.1) is 0 Å². The molecule has 1 heterocycles. The molecule has 0 bridgehead atoms. The minimum absolute atomic E-state index is 0.0994. The van der Waals surface area contributed by atoms with E-state index in [2.05, 4.69) is 40.2 Å². The van der Waals surface area contributed by atoms with Gasteiger partial charge in [-0.3, -0.25) is 4.79 Å². The summed E-state index contributed by atoms with van der Waals surface area (Å²) in [6.07, 6.45) is 4.88. The number of hydrogen-bond donors (Lipinski definition) is 1. The molecule has 4 aromatic rings. The fourth-order valence-corrected chi connectivity index (χ4v) is 4.32. The maximum Gasteiger partial charge on any atom is 0.220 e. The average molecular weight is 486 g/mol. The zero-order valence-corrected chi connectivity index (χ0v) is 21.0. The van der Waals surface area contributed by atoms with E-state index >= 15 is 0 Å². The lowest BCUT2D eigenvalue weighted by molar-refractivity contribution is -0.121. The molecular weight excluding hydrogens is 450 g/mol. The summed E-state index contributed by atoms with van der Waals surface area (Å²) < 4.78 is 13.6. The van der Waals surface area contributed by atoms with Crippen molar-refractivity contribution in [3.05, 3.63) is 90.3 Å². The molecule has 0 saturated carbocycles. The highest BCUT2D eigenvalue weighted by Gasteiger charge is 2.11. The number of nitrogens with one attached hydrogen (secondary N) is 1. The van der Waals surface area contributed by atoms with Crippen LogP contribution in [-0.2, 0) is 24.2 Å². The lowest BCUT2D eigenvalue weighted by Gasteiger charge is -2.12. The molecule has 0 radical (unpaired) electrons. The minimum Gasteiger partial charge on any atom is -0.493 e. The first-order valence-electron chi connectivity index (χ1n) is 12.7. The van der Waals surface area contributed by atoms with Crippen LogP contribution >= 0.6 is 0 Å². The molecular formula is C30H35N3O3. The van der Waals surface area contributed by atoms with Gasteiger partial charge >= 0.3 is 0 Å². The molecule has 0 saturated heterocycles. The van der Waals surface area contributed by atoms with E-state index in [0.717, 1.165) is 67.0 Å². The van der Waals surface area contributed by atoms with Crippen LogP contribution in [0.15, 0.2) is 78.9 Å². The number of benzene rings is 3. The molecule has 36 heavy (non-hydrogen) atoms. The van der Waals surface area contributed by atoms with Gasteiger partial charge in [0, 0.05) is 25.9 Å². The Kier molecular flexibility index (Phi) is 9.37. The maximum atomic E-state index is 12.2. The van der Waals surface area contributed by atoms with Gasteiger partial charge in [0.1, 0.15) is 5.82 Å². The van der Waals surface area contributed by atoms with E-state index in [-0.39, 0.29) is 5.91 Å². The van der Waals surface area contributed by atoms with Crippen molar-refractivity contribution in [3.63, 3.8) is 0 Å². The third-order valence-corrected chi connectivity index (χ3v) is 6.22. The third-order valence-electron chi connectivity index (χ3n) is 6.22. The SMILES string of the molecule is COc1ccccc1OCCCCn1c(CCCNC(=O)CCc2ccccc2)nc2ccccc21. The van der Waals surface area contributed by atoms with E-state index in [9.17, 15) is 4.79 Å². The summed E-state index contributed by atoms with van der Waals surface area (Å²) in [7, 11) is 1.66. The monoisotopic (exact) mass is 485 g/mol. The average Bonchev–Trinajstić information content (AvgIpc) is 3.28. The van der Waals surface area contributed by atoms with Gasteiger partial charge in [-0.05, 0) is 55.5 Å². The standard InChI is InChI=1S/C30H35N3O3/c1-35-27-16-7-8-17-28(27)36-23-10-9-22-33-26-15-6-5-14-25(26)32-29(33)18-11-21-31-30(34)20-19-24-12-3-2-4-13-24/h2-8,12-17H,9-11,18-23H2,1H3,(H,31,34). The van der Waals surface area contributed by atoms with Crippen LogP contribution in [0.4, 0.5) is 0 Å². The van der Waals surface area contributed by atoms with E-state index in [4.69, 9.17) is 14.5 Å². The summed E-state index contributed by atoms with van der Waals surface area (Å²) in [5.74, 6) is 2.70. The molecule has 1 aromatic heterocycles. The largest absolute Gasteiger partial charge is 0.493 e. The van der Waals surface area contributed by atoms with E-state index < -0.39 is 0 Å². The van der Waals surface area contributed by atoms with Gasteiger partial charge in [0.05, 0.1) is 24.8 Å². The molecule has 6 nitrogen and oxygen atoms in total. The molecule has 0 aliphatic rings. The molecule has 0 aliphatic carbocycles. The number of para-hydroxylation sites is 4. The first-order valence-corrected chi connectivity index (χ1v) is 12.7. The van der Waals surface area contributed by atoms with Crippen LogP contribution in [0.2, 0.25) is 0 Å². The van der Waals surface area contributed by atoms with Crippen molar-refractivity contribution in [3.8, 4) is 11.5 Å². The molecule has 0 fully saturated rings. The normalized spacial score (nSPS) is 10.9. The summed E-state index contributed by atoms with van der Waals surface area (Å²) in [5.41, 5.74) is 3.37. The molecule has 0 spiro atoms. The summed E-state index contributed by atoms with van der Waals surface area (Å²) in [4.78, 5) is 17.1. The number of rotatable bonds is 14. The highest BCUT2D eigenvalue weighted by Crippen LogP contribution is 2.26. The van der Waals surface area contributed by atoms with E-state index in [1.165, 1.54) is 5.56 Å². The van der Waals surface area contributed by atoms with Crippen LogP contribution < -0.4 is 14.8 Å². The Labute approximate surface area is 213 Å². The summed E-state index contributed by atoms with van der Waals surface area (Å²) in [6, 6.07) is 26.1. The Morgan fingerprint density at radius 2 is 1.61 bits per heavy atom. The minimum atomic E-state index is 0.0994. The molecule has 188 valence electrons. The number of carbonyl (C=O) groups is 1. The second kappa shape index (κ2) is 13.3. The molecule has 0 unspecified atom stereocenters. The van der Waals surface area contributed by atoms with Gasteiger partial charge in [-0.1, -0.05) is 54.6 Å². The summed E-state index contributed by atoms with van der Waals surface area (Å²) >= 11 is 0. The zero-order chi connectivity index (χ0) is 25.0. The quantitative estimate of drug-likeness (QED) is 0.237. The number of fused-ring (bicyclic) bond motifs is 1. The van der Waals surface area contributed by atoms with Gasteiger partial charge in [0.25, 0.3) is 0 Å². The number of hydrogen-bond acceptors (Lipinski definition) is 4. The molecule has 3 aromatic carbocycles. The molecule has 6 heteroatoms. The smallest absolute Gasteiger partial charge is 0.220 e. The van der Waals surface area contributed by atoms with Crippen molar-refractivity contribution in [2.24, 2.45) is 0 Å². The number of carbonyl (C=O) groups excluding carboxylic acids is 1. The number of methoxy groups -OCH3 is 1. The van der Waals surface area contributed by atoms with Crippen molar-refractivity contribution in [2.45, 2.75) is 45.1 Å². The predicted molar refractivity (Wildman–Crippen MR) is 144 cm³/mol. The number of imidazole rings is 1. The first kappa shape index (κ1) is 25.3. The number of ether oxygens (including phenoxy) is 2. The van der Waals surface area contributed by atoms with Crippen LogP contribution in [0.1, 0.15) is 37.1 Å². The molecule has 1 N–H and O–H groups in total. The fourth-order valence-electron chi connectivity index (χ4n) is 4.32. The Hall–Kier alpha value is -3.80. The lowest BCUT2D eigenvalue weighted by Crippen LogP contribution is -2.25. The number of amides is 1. The summed E-state index contributed by atoms with van der Waals surface area (Å²) in [5, 5.41) is 3.06. The Morgan fingerprint density at radius 1 is 0.861 bits per heavy atom. The number of unbranched alkanes of at least 4 members (excludes halogenated alkanes) is 1. The molecule has 4 rings (SSSR count). The van der Waals surface area contributed by atoms with Gasteiger partial charge in [-0.25, -0.2) is 4.98 Å². The van der Waals surface area contributed by atoms with Crippen LogP contribution in [0.5, 0.6) is 11.5 Å². The van der Waals surface area contributed by atoms with Crippen molar-refractivity contribution in [2.75, 3.05) is 20.3 Å². The molecule has 0 atom stereocenters. The van der Waals surface area contributed by atoms with Gasteiger partial charge in [-0.15, -0.1) is 0 Å². The van der Waals surface area contributed by atoms with Gasteiger partial charge in [0.15, 0.2) is 11.5 Å². The van der Waals surface area contributed by atoms with Crippen molar-refractivity contribution < 1.29 is 14.3 Å². The third kappa shape index (κ3) is 7.11. The number of nitrogens with zero attached hydrogens (tertiary/aromatic N) is 2. The van der Waals surface area contributed by atoms with Crippen molar-refractivity contribution in [1.82, 2.24) is 14.9 Å². The maximum absolute atomic E-state index is 12.2. The Balaban J connectivity index is 1.24. The first-order chi connectivity index (χ1) is 17.7. The zero-order valence-electron chi connectivity index (χ0n) is 21.0. The van der Waals surface area contributed by atoms with Crippen LogP contribution in [0.3, 0.4) is 0 Å². The Bertz CT molecular complexity index is 1240. The summed E-state index contributed by atoms with van der Waals surface area (Å²) in [6.45, 7) is 2.18. The highest BCUT2D eigenvalue weighted by atomic mass is 16.5. The molecule has 1 amide bonds. The van der Waals surface area contributed by atoms with Gasteiger partial charge in [0.2, 0.25) is 5.91 Å². The van der Waals surface area contributed by atoms with Crippen molar-refractivity contribution >= 4 is 16.9 Å². The van der Waals surface area contributed by atoms with E-state index in [0.29, 0.717) is 19.6 Å². The number of aryl methyl sites for hydroxylation is 3. The van der Waals surface area contributed by atoms with Gasteiger partial charge < -0.3 is 19.4 Å². The number of aromatic nitrogens is 2. The van der Waals surface area contributed by atoms with Gasteiger partial charge in [-0.2, -0.15) is 0 Å². The van der Waals surface area contributed by atoms with Crippen LogP contribution in [-0.4, -0.2) is 35.7 Å². The lowest BCUT2D eigenvalue weighted by atomic mass is 10.1. The van der Waals surface area contributed by atoms with E-state index in [1.807, 2.05) is 48.5 Å². The predicted octanol–water partition coefficient (Wildman–Crippen LogP) is 5.59. The Morgan fingerprint density at radius 3 is 2.44 bits per heavy atom. The second-order valence-corrected chi connectivity index (χ2v) is 8.81.